The van der Waals surface area contributed by atoms with Gasteiger partial charge in [-0.3, -0.25) is 14.5 Å². The molecule has 0 atom stereocenters. The summed E-state index contributed by atoms with van der Waals surface area (Å²) in [6.45, 7) is 0.910. The van der Waals surface area contributed by atoms with Crippen LogP contribution in [0.2, 0.25) is 0 Å². The number of aromatic nitrogens is 1. The Morgan fingerprint density at radius 1 is 1.37 bits per heavy atom. The third-order valence-corrected chi connectivity index (χ3v) is 5.67. The molecule has 0 unspecified atom stereocenters. The van der Waals surface area contributed by atoms with E-state index in [1.165, 1.54) is 31.3 Å². The highest BCUT2D eigenvalue weighted by Gasteiger charge is 2.28. The predicted molar refractivity (Wildman–Crippen MR) is 96.5 cm³/mol. The zero-order valence-corrected chi connectivity index (χ0v) is 15.2. The van der Waals surface area contributed by atoms with E-state index in [0.29, 0.717) is 5.75 Å². The summed E-state index contributed by atoms with van der Waals surface area (Å²) in [6.07, 6.45) is 1.47. The molecule has 0 fully saturated rings. The summed E-state index contributed by atoms with van der Waals surface area (Å²) >= 11 is 0. The number of carbonyl (C=O) groups excluding carboxylic acids is 2. The maximum absolute atomic E-state index is 12.4. The molecule has 142 valence electrons. The lowest BCUT2D eigenvalue weighted by atomic mass is 10.2. The van der Waals surface area contributed by atoms with Crippen LogP contribution in [0.5, 0.6) is 11.5 Å². The first kappa shape index (κ1) is 18.6. The lowest BCUT2D eigenvalue weighted by Crippen LogP contribution is -2.43. The van der Waals surface area contributed by atoms with Crippen LogP contribution >= 0.6 is 0 Å². The predicted octanol–water partition coefficient (Wildman–Crippen LogP) is 0.945. The molecule has 0 saturated heterocycles. The van der Waals surface area contributed by atoms with E-state index in [1.54, 1.807) is 12.1 Å². The van der Waals surface area contributed by atoms with Gasteiger partial charge in [0.25, 0.3) is 5.91 Å². The molecule has 10 heteroatoms. The van der Waals surface area contributed by atoms with Gasteiger partial charge >= 0.3 is 0 Å². The van der Waals surface area contributed by atoms with Crippen molar-refractivity contribution in [3.8, 4) is 11.5 Å². The summed E-state index contributed by atoms with van der Waals surface area (Å²) in [5.41, 5.74) is -0.0588. The average Bonchev–Trinajstić information content (AvgIpc) is 2.65. The zero-order chi connectivity index (χ0) is 19.6. The van der Waals surface area contributed by atoms with Crippen molar-refractivity contribution in [2.75, 3.05) is 29.1 Å². The number of benzene rings is 1. The minimum absolute atomic E-state index is 0.0208. The number of nitrogens with one attached hydrogen (secondary N) is 1. The second-order valence-corrected chi connectivity index (χ2v) is 8.00. The Morgan fingerprint density at radius 3 is 2.89 bits per heavy atom. The Kier molecular flexibility index (Phi) is 5.00. The van der Waals surface area contributed by atoms with Crippen molar-refractivity contribution in [2.45, 2.75) is 11.8 Å². The summed E-state index contributed by atoms with van der Waals surface area (Å²) in [5.74, 6) is -0.869. The number of fused-ring (bicyclic) bond motifs is 1. The van der Waals surface area contributed by atoms with E-state index in [2.05, 4.69) is 10.3 Å². The highest BCUT2D eigenvalue weighted by molar-refractivity contribution is 7.91. The van der Waals surface area contributed by atoms with Gasteiger partial charge in [-0.2, -0.15) is 0 Å². The van der Waals surface area contributed by atoms with Crippen molar-refractivity contribution in [3.05, 3.63) is 36.5 Å². The summed E-state index contributed by atoms with van der Waals surface area (Å²) < 4.78 is 29.2. The number of hydrogen-bond donors (Lipinski definition) is 2. The fourth-order valence-electron chi connectivity index (χ4n) is 2.50. The van der Waals surface area contributed by atoms with E-state index in [-0.39, 0.29) is 41.1 Å². The van der Waals surface area contributed by atoms with Crippen molar-refractivity contribution in [3.63, 3.8) is 0 Å². The third-order valence-electron chi connectivity index (χ3n) is 3.94. The van der Waals surface area contributed by atoms with Crippen LogP contribution in [-0.4, -0.2) is 49.2 Å². The molecule has 1 aromatic carbocycles. The number of phenolic OH excluding ortho intramolecular Hbond substituents is 1. The molecule has 27 heavy (non-hydrogen) atoms. The molecule has 2 heterocycles. The SMILES string of the molecule is CCS(=O)(=O)c1ccc(O)c(NC(=O)CN2C(=O)COc3cccnc32)c1. The van der Waals surface area contributed by atoms with Gasteiger partial charge in [-0.05, 0) is 30.3 Å². The number of carbonyl (C=O) groups is 2. The number of pyridine rings is 1. The lowest BCUT2D eigenvalue weighted by molar-refractivity contribution is -0.123. The normalized spacial score (nSPS) is 13.7. The highest BCUT2D eigenvalue weighted by Crippen LogP contribution is 2.30. The van der Waals surface area contributed by atoms with Gasteiger partial charge in [-0.25, -0.2) is 13.4 Å². The molecular formula is C17H17N3O6S. The summed E-state index contributed by atoms with van der Waals surface area (Å²) in [5, 5.41) is 12.3. The van der Waals surface area contributed by atoms with Crippen molar-refractivity contribution >= 4 is 33.2 Å². The van der Waals surface area contributed by atoms with Gasteiger partial charge in [0, 0.05) is 6.20 Å². The first-order chi connectivity index (χ1) is 12.8. The standard InChI is InChI=1S/C17H17N3O6S/c1-2-27(24,25)11-5-6-13(21)12(8-11)19-15(22)9-20-16(23)10-26-14-4-3-7-18-17(14)20/h3-8,21H,2,9-10H2,1H3,(H,19,22). The van der Waals surface area contributed by atoms with Crippen LogP contribution in [-0.2, 0) is 19.4 Å². The van der Waals surface area contributed by atoms with Crippen LogP contribution in [0.25, 0.3) is 0 Å². The number of phenols is 1. The summed E-state index contributed by atoms with van der Waals surface area (Å²) in [7, 11) is -3.50. The number of aromatic hydroxyl groups is 1. The number of anilines is 2. The average molecular weight is 391 g/mol. The first-order valence-corrected chi connectivity index (χ1v) is 9.71. The second-order valence-electron chi connectivity index (χ2n) is 5.72. The number of hydrogen-bond acceptors (Lipinski definition) is 7. The quantitative estimate of drug-likeness (QED) is 0.727. The Labute approximate surface area is 155 Å². The van der Waals surface area contributed by atoms with E-state index in [0.717, 1.165) is 4.90 Å². The largest absolute Gasteiger partial charge is 0.506 e. The molecule has 2 amide bonds. The van der Waals surface area contributed by atoms with Crippen molar-refractivity contribution in [1.82, 2.24) is 4.98 Å². The van der Waals surface area contributed by atoms with Gasteiger partial charge in [-0.1, -0.05) is 6.92 Å². The van der Waals surface area contributed by atoms with Gasteiger partial charge in [0.15, 0.2) is 28.0 Å². The van der Waals surface area contributed by atoms with E-state index in [4.69, 9.17) is 4.74 Å². The maximum atomic E-state index is 12.4. The minimum Gasteiger partial charge on any atom is -0.506 e. The molecule has 0 bridgehead atoms. The van der Waals surface area contributed by atoms with Crippen molar-refractivity contribution < 1.29 is 27.9 Å². The van der Waals surface area contributed by atoms with Crippen molar-refractivity contribution in [1.29, 1.82) is 0 Å². The summed E-state index contributed by atoms with van der Waals surface area (Å²) in [4.78, 5) is 29.7. The van der Waals surface area contributed by atoms with Gasteiger partial charge in [0.05, 0.1) is 16.3 Å². The molecule has 0 spiro atoms. The van der Waals surface area contributed by atoms with Crippen LogP contribution in [0.3, 0.4) is 0 Å². The zero-order valence-electron chi connectivity index (χ0n) is 14.4. The second kappa shape index (κ2) is 7.23. The van der Waals surface area contributed by atoms with Gasteiger partial charge in [-0.15, -0.1) is 0 Å². The number of sulfone groups is 1. The summed E-state index contributed by atoms with van der Waals surface area (Å²) in [6, 6.07) is 6.90. The number of ether oxygens (including phenoxy) is 1. The maximum Gasteiger partial charge on any atom is 0.266 e. The molecule has 1 aliphatic heterocycles. The fourth-order valence-corrected chi connectivity index (χ4v) is 3.41. The molecule has 0 saturated carbocycles. The smallest absolute Gasteiger partial charge is 0.266 e. The lowest BCUT2D eigenvalue weighted by Gasteiger charge is -2.27. The van der Waals surface area contributed by atoms with Crippen molar-refractivity contribution in [2.24, 2.45) is 0 Å². The molecule has 3 rings (SSSR count). The molecular weight excluding hydrogens is 374 g/mol. The molecule has 2 N–H and O–H groups in total. The number of amides is 2. The Balaban J connectivity index is 1.81. The van der Waals surface area contributed by atoms with Gasteiger partial charge in [0.1, 0.15) is 12.3 Å². The monoisotopic (exact) mass is 391 g/mol. The van der Waals surface area contributed by atoms with Crippen LogP contribution in [0.1, 0.15) is 6.92 Å². The van der Waals surface area contributed by atoms with E-state index in [9.17, 15) is 23.1 Å². The van der Waals surface area contributed by atoms with E-state index >= 15 is 0 Å². The highest BCUT2D eigenvalue weighted by atomic mass is 32.2. The third kappa shape index (κ3) is 3.85. The molecule has 1 aromatic heterocycles. The number of nitrogens with zero attached hydrogens (tertiary/aromatic N) is 2. The molecule has 2 aromatic rings. The van der Waals surface area contributed by atoms with E-state index < -0.39 is 21.7 Å². The minimum atomic E-state index is -3.50. The Morgan fingerprint density at radius 2 is 2.15 bits per heavy atom. The number of rotatable bonds is 5. The molecule has 0 radical (unpaired) electrons. The van der Waals surface area contributed by atoms with Crippen LogP contribution in [0.15, 0.2) is 41.4 Å². The topological polar surface area (TPSA) is 126 Å². The fraction of sp³-hybridized carbons (Fsp3) is 0.235. The molecule has 0 aliphatic carbocycles. The van der Waals surface area contributed by atoms with E-state index in [1.807, 2.05) is 0 Å². The molecule has 1 aliphatic rings. The molecule has 9 nitrogen and oxygen atoms in total. The van der Waals surface area contributed by atoms with Gasteiger partial charge in [0.2, 0.25) is 5.91 Å². The Hall–Kier alpha value is -3.14. The first-order valence-electron chi connectivity index (χ1n) is 8.05. The van der Waals surface area contributed by atoms with Crippen LogP contribution in [0.4, 0.5) is 11.5 Å². The van der Waals surface area contributed by atoms with Gasteiger partial charge < -0.3 is 15.2 Å². The van der Waals surface area contributed by atoms with Crippen LogP contribution in [0, 0.1) is 0 Å². The van der Waals surface area contributed by atoms with Crippen LogP contribution < -0.4 is 15.0 Å². The Bertz CT molecular complexity index is 1010.